The van der Waals surface area contributed by atoms with E-state index in [1.54, 1.807) is 18.2 Å². The number of anilines is 1. The van der Waals surface area contributed by atoms with Gasteiger partial charge in [-0.15, -0.1) is 11.8 Å². The molecular weight excluding hydrogens is 422 g/mol. The number of hydrogen-bond acceptors (Lipinski definition) is 5. The molecule has 0 spiro atoms. The van der Waals surface area contributed by atoms with Gasteiger partial charge >= 0.3 is 0 Å². The Labute approximate surface area is 181 Å². The fourth-order valence-electron chi connectivity index (χ4n) is 3.09. The van der Waals surface area contributed by atoms with Gasteiger partial charge in [0.2, 0.25) is 21.8 Å². The largest absolute Gasteiger partial charge is 0.324 e. The summed E-state index contributed by atoms with van der Waals surface area (Å²) in [4.78, 5) is 27.2. The Hall–Kier alpha value is -2.36. The van der Waals surface area contributed by atoms with Crippen LogP contribution in [-0.4, -0.2) is 60.7 Å². The topological polar surface area (TPSA) is 86.8 Å². The van der Waals surface area contributed by atoms with Gasteiger partial charge in [0.15, 0.2) is 0 Å². The second kappa shape index (κ2) is 9.20. The first-order chi connectivity index (χ1) is 14.2. The van der Waals surface area contributed by atoms with E-state index in [0.717, 1.165) is 15.4 Å². The van der Waals surface area contributed by atoms with Crippen molar-refractivity contribution in [3.8, 4) is 0 Å². The molecule has 1 atom stereocenters. The van der Waals surface area contributed by atoms with Crippen molar-refractivity contribution in [3.63, 3.8) is 0 Å². The number of amides is 2. The number of rotatable bonds is 6. The lowest BCUT2D eigenvalue weighted by molar-refractivity contribution is -0.136. The van der Waals surface area contributed by atoms with Gasteiger partial charge in [0.05, 0.1) is 17.3 Å². The van der Waals surface area contributed by atoms with E-state index in [9.17, 15) is 18.0 Å². The molecule has 1 aliphatic heterocycles. The second-order valence-electron chi connectivity index (χ2n) is 7.24. The number of nitrogens with zero attached hydrogens (tertiary/aromatic N) is 2. The molecule has 1 aliphatic rings. The number of hydrogen-bond donors (Lipinski definition) is 1. The van der Waals surface area contributed by atoms with Gasteiger partial charge in [-0.3, -0.25) is 9.59 Å². The molecule has 0 saturated carbocycles. The Balaban J connectivity index is 1.67. The molecule has 0 aromatic heterocycles. The molecule has 2 amide bonds. The number of carbonyl (C=O) groups excluding carboxylic acids is 2. The van der Waals surface area contributed by atoms with Crippen LogP contribution in [0.15, 0.2) is 53.4 Å². The Bertz CT molecular complexity index is 1040. The molecule has 0 aliphatic carbocycles. The number of nitrogens with one attached hydrogen (secondary N) is 1. The van der Waals surface area contributed by atoms with Crippen LogP contribution in [0.4, 0.5) is 5.69 Å². The number of thioether (sulfide) groups is 1. The molecular formula is C21H25N3O4S2. The van der Waals surface area contributed by atoms with Crippen LogP contribution in [0.5, 0.6) is 0 Å². The van der Waals surface area contributed by atoms with Gasteiger partial charge in [0, 0.05) is 18.5 Å². The fourth-order valence-corrected chi connectivity index (χ4v) is 5.41. The summed E-state index contributed by atoms with van der Waals surface area (Å²) in [6.45, 7) is 3.63. The minimum absolute atomic E-state index is 0.125. The summed E-state index contributed by atoms with van der Waals surface area (Å²) in [6.07, 6.45) is 0. The van der Waals surface area contributed by atoms with Gasteiger partial charge < -0.3 is 10.2 Å². The summed E-state index contributed by atoms with van der Waals surface area (Å²) in [7, 11) is -2.41. The molecule has 9 heteroatoms. The Morgan fingerprint density at radius 1 is 1.13 bits per heavy atom. The van der Waals surface area contributed by atoms with E-state index in [2.05, 4.69) is 5.32 Å². The minimum atomic E-state index is -3.78. The zero-order valence-corrected chi connectivity index (χ0v) is 18.8. The third-order valence-corrected chi connectivity index (χ3v) is 7.92. The molecule has 30 heavy (non-hydrogen) atoms. The van der Waals surface area contributed by atoms with E-state index >= 15 is 0 Å². The van der Waals surface area contributed by atoms with E-state index in [0.29, 0.717) is 17.3 Å². The van der Waals surface area contributed by atoms with Gasteiger partial charge in [-0.25, -0.2) is 8.42 Å². The predicted octanol–water partition coefficient (Wildman–Crippen LogP) is 2.46. The zero-order valence-electron chi connectivity index (χ0n) is 17.2. The van der Waals surface area contributed by atoms with Crippen molar-refractivity contribution in [1.82, 2.24) is 9.21 Å². The predicted molar refractivity (Wildman–Crippen MR) is 119 cm³/mol. The highest BCUT2D eigenvalue weighted by Gasteiger charge is 2.36. The molecule has 1 unspecified atom stereocenters. The fraction of sp³-hybridized carbons (Fsp3) is 0.333. The first-order valence-electron chi connectivity index (χ1n) is 9.47. The molecule has 3 rings (SSSR count). The average Bonchev–Trinajstić information content (AvgIpc) is 3.21. The lowest BCUT2D eigenvalue weighted by atomic mass is 10.1. The molecule has 7 nitrogen and oxygen atoms in total. The van der Waals surface area contributed by atoms with Crippen LogP contribution in [0.25, 0.3) is 0 Å². The normalized spacial score (nSPS) is 16.7. The lowest BCUT2D eigenvalue weighted by Gasteiger charge is -2.25. The number of sulfonamides is 1. The van der Waals surface area contributed by atoms with Crippen molar-refractivity contribution in [2.45, 2.75) is 24.8 Å². The maximum Gasteiger partial charge on any atom is 0.248 e. The van der Waals surface area contributed by atoms with Crippen molar-refractivity contribution < 1.29 is 18.0 Å². The van der Waals surface area contributed by atoms with Crippen molar-refractivity contribution in [2.24, 2.45) is 0 Å². The summed E-state index contributed by atoms with van der Waals surface area (Å²) < 4.78 is 26.4. The Morgan fingerprint density at radius 3 is 2.50 bits per heavy atom. The third-order valence-electron chi connectivity index (χ3n) is 5.09. The highest BCUT2D eigenvalue weighted by atomic mass is 32.2. The highest BCUT2D eigenvalue weighted by Crippen LogP contribution is 2.24. The molecule has 1 fully saturated rings. The summed E-state index contributed by atoms with van der Waals surface area (Å²) in [5.74, 6) is 0.146. The van der Waals surface area contributed by atoms with Crippen molar-refractivity contribution in [1.29, 1.82) is 0 Å². The number of benzene rings is 2. The lowest BCUT2D eigenvalue weighted by Crippen LogP contribution is -2.48. The molecule has 0 radical (unpaired) electrons. The second-order valence-corrected chi connectivity index (χ2v) is 10.3. The van der Waals surface area contributed by atoms with Crippen LogP contribution < -0.4 is 5.32 Å². The highest BCUT2D eigenvalue weighted by molar-refractivity contribution is 7.99. The van der Waals surface area contributed by atoms with Gasteiger partial charge in [0.1, 0.15) is 6.04 Å². The maximum absolute atomic E-state index is 12.8. The molecule has 0 bridgehead atoms. The van der Waals surface area contributed by atoms with E-state index in [1.807, 2.05) is 32.0 Å². The van der Waals surface area contributed by atoms with Crippen LogP contribution in [0, 0.1) is 13.8 Å². The molecule has 1 saturated heterocycles. The minimum Gasteiger partial charge on any atom is -0.324 e. The molecule has 1 heterocycles. The molecule has 160 valence electrons. The molecule has 2 aromatic rings. The van der Waals surface area contributed by atoms with Gasteiger partial charge in [0.25, 0.3) is 0 Å². The van der Waals surface area contributed by atoms with Crippen molar-refractivity contribution >= 4 is 39.3 Å². The van der Waals surface area contributed by atoms with Crippen LogP contribution in [0.3, 0.4) is 0 Å². The summed E-state index contributed by atoms with van der Waals surface area (Å²) in [5, 5.41) is 2.87. The van der Waals surface area contributed by atoms with E-state index in [-0.39, 0.29) is 17.3 Å². The molecule has 1 N–H and O–H groups in total. The summed E-state index contributed by atoms with van der Waals surface area (Å²) in [6, 6.07) is 13.0. The third kappa shape index (κ3) is 4.85. The Kier molecular flexibility index (Phi) is 6.84. The zero-order chi connectivity index (χ0) is 21.9. The first-order valence-corrected chi connectivity index (χ1v) is 12.1. The van der Waals surface area contributed by atoms with Gasteiger partial charge in [-0.05, 0) is 49.2 Å². The van der Waals surface area contributed by atoms with Crippen LogP contribution in [-0.2, 0) is 19.6 Å². The number of aryl methyl sites for hydroxylation is 2. The van der Waals surface area contributed by atoms with E-state index in [4.69, 9.17) is 0 Å². The smallest absolute Gasteiger partial charge is 0.248 e. The van der Waals surface area contributed by atoms with Crippen molar-refractivity contribution in [2.75, 3.05) is 30.5 Å². The average molecular weight is 448 g/mol. The SMILES string of the molecule is Cc1ccc(NC(=O)C2CSCN2C(=O)CN(C)S(=O)(=O)c2ccccc2)cc1C. The van der Waals surface area contributed by atoms with Crippen LogP contribution in [0.2, 0.25) is 0 Å². The van der Waals surface area contributed by atoms with Crippen molar-refractivity contribution in [3.05, 3.63) is 59.7 Å². The van der Waals surface area contributed by atoms with E-state index in [1.165, 1.54) is 35.8 Å². The maximum atomic E-state index is 12.8. The van der Waals surface area contributed by atoms with E-state index < -0.39 is 22.0 Å². The van der Waals surface area contributed by atoms with Gasteiger partial charge in [-0.1, -0.05) is 24.3 Å². The quantitative estimate of drug-likeness (QED) is 0.735. The van der Waals surface area contributed by atoms with Gasteiger partial charge in [-0.2, -0.15) is 4.31 Å². The number of likely N-dealkylation sites (N-methyl/N-ethyl adjacent to an activating group) is 1. The molecule has 2 aromatic carbocycles. The monoisotopic (exact) mass is 447 g/mol. The first kappa shape index (κ1) is 22.3. The number of carbonyl (C=O) groups is 2. The van der Waals surface area contributed by atoms with Crippen LogP contribution >= 0.6 is 11.8 Å². The standard InChI is InChI=1S/C21H25N3O4S2/c1-15-9-10-17(11-16(15)2)22-21(26)19-13-29-14-24(19)20(25)12-23(3)30(27,28)18-7-5-4-6-8-18/h4-11,19H,12-14H2,1-3H3,(H,22,26). The summed E-state index contributed by atoms with van der Waals surface area (Å²) >= 11 is 1.47. The summed E-state index contributed by atoms with van der Waals surface area (Å²) in [5.41, 5.74) is 2.87. The van der Waals surface area contributed by atoms with Crippen LogP contribution in [0.1, 0.15) is 11.1 Å². The Morgan fingerprint density at radius 2 is 1.83 bits per heavy atom.